The summed E-state index contributed by atoms with van der Waals surface area (Å²) in [4.78, 5) is 39.8. The molecule has 0 saturated carbocycles. The van der Waals surface area contributed by atoms with Crippen LogP contribution in [0.25, 0.3) is 22.1 Å². The summed E-state index contributed by atoms with van der Waals surface area (Å²) in [7, 11) is 2.08. The number of rotatable bonds is 7. The summed E-state index contributed by atoms with van der Waals surface area (Å²) in [6.45, 7) is 0. The number of carbonyl (C=O) groups is 2. The molecule has 6 aromatic rings. The average Bonchev–Trinajstić information content (AvgIpc) is 3.55. The van der Waals surface area contributed by atoms with Gasteiger partial charge in [-0.15, -0.1) is 0 Å². The molecule has 198 valence electrons. The molecule has 0 spiro atoms. The van der Waals surface area contributed by atoms with E-state index in [2.05, 4.69) is 30.6 Å². The van der Waals surface area contributed by atoms with E-state index in [0.29, 0.717) is 20.5 Å². The van der Waals surface area contributed by atoms with E-state index < -0.39 is 11.8 Å². The SMILES string of the molecule is O=C(Nc1nc2ccccc2[nH]1)c1ccc(SSc2ccc(C(=O)Nc3nc4ccccc4[nH]3)c[n+]2[O-])[n+]([O-])c1. The summed E-state index contributed by atoms with van der Waals surface area (Å²) in [5.74, 6) is -0.455. The molecular formula is C26H18N8O4S2. The Labute approximate surface area is 233 Å². The lowest BCUT2D eigenvalue weighted by Gasteiger charge is -2.07. The van der Waals surface area contributed by atoms with Crippen LogP contribution in [0, 0.1) is 10.4 Å². The second kappa shape index (κ2) is 10.6. The van der Waals surface area contributed by atoms with Gasteiger partial charge in [-0.1, -0.05) is 24.3 Å². The van der Waals surface area contributed by atoms with Crippen LogP contribution in [0.4, 0.5) is 11.9 Å². The van der Waals surface area contributed by atoms with Gasteiger partial charge in [-0.05, 0) is 36.4 Å². The second-order valence-electron chi connectivity index (χ2n) is 8.44. The fraction of sp³-hybridized carbons (Fsp3) is 0. The van der Waals surface area contributed by atoms with Gasteiger partial charge >= 0.3 is 0 Å². The molecule has 0 aliphatic heterocycles. The number of anilines is 2. The van der Waals surface area contributed by atoms with Crippen LogP contribution in [0.15, 0.2) is 95.2 Å². The third-order valence-corrected chi connectivity index (χ3v) is 8.07. The van der Waals surface area contributed by atoms with Gasteiger partial charge < -0.3 is 20.4 Å². The molecule has 4 heterocycles. The number of amides is 2. The number of carbonyl (C=O) groups excluding carboxylic acids is 2. The van der Waals surface area contributed by atoms with E-state index in [-0.39, 0.29) is 33.1 Å². The summed E-state index contributed by atoms with van der Waals surface area (Å²) in [6, 6.07) is 20.7. The first-order valence-corrected chi connectivity index (χ1v) is 13.9. The Balaban J connectivity index is 1.08. The topological polar surface area (TPSA) is 169 Å². The van der Waals surface area contributed by atoms with E-state index in [1.54, 1.807) is 0 Å². The molecule has 0 saturated heterocycles. The van der Waals surface area contributed by atoms with Crippen molar-refractivity contribution in [2.24, 2.45) is 0 Å². The zero-order valence-electron chi connectivity index (χ0n) is 20.3. The summed E-state index contributed by atoms with van der Waals surface area (Å²) in [6.07, 6.45) is 2.30. The molecule has 14 heteroatoms. The number of nitrogens with zero attached hydrogens (tertiary/aromatic N) is 4. The summed E-state index contributed by atoms with van der Waals surface area (Å²) < 4.78 is 1.10. The Kier molecular flexibility index (Phi) is 6.67. The molecule has 0 fully saturated rings. The molecule has 6 rings (SSSR count). The van der Waals surface area contributed by atoms with Crippen LogP contribution in [0.1, 0.15) is 20.7 Å². The lowest BCUT2D eigenvalue weighted by molar-refractivity contribution is -0.646. The highest BCUT2D eigenvalue weighted by Gasteiger charge is 2.19. The first-order valence-electron chi connectivity index (χ1n) is 11.8. The van der Waals surface area contributed by atoms with Crippen LogP contribution in [0.5, 0.6) is 0 Å². The number of hydrogen-bond acceptors (Lipinski definition) is 8. The highest BCUT2D eigenvalue weighted by molar-refractivity contribution is 8.76. The smallest absolute Gasteiger partial charge is 0.264 e. The first-order chi connectivity index (χ1) is 19.4. The average molecular weight is 571 g/mol. The van der Waals surface area contributed by atoms with Crippen molar-refractivity contribution in [1.82, 2.24) is 19.9 Å². The molecular weight excluding hydrogens is 552 g/mol. The minimum absolute atomic E-state index is 0.142. The first kappa shape index (κ1) is 25.2. The zero-order valence-corrected chi connectivity index (χ0v) is 22.0. The van der Waals surface area contributed by atoms with Crippen molar-refractivity contribution in [2.45, 2.75) is 10.1 Å². The van der Waals surface area contributed by atoms with E-state index in [1.165, 1.54) is 24.3 Å². The lowest BCUT2D eigenvalue weighted by atomic mass is 10.3. The van der Waals surface area contributed by atoms with E-state index in [1.807, 2.05) is 48.5 Å². The van der Waals surface area contributed by atoms with Gasteiger partial charge in [0.25, 0.3) is 21.9 Å². The Bertz CT molecular complexity index is 1700. The van der Waals surface area contributed by atoms with E-state index >= 15 is 0 Å². The van der Waals surface area contributed by atoms with Gasteiger partial charge in [0, 0.05) is 33.7 Å². The Hall–Kier alpha value is -5.08. The molecule has 0 aliphatic carbocycles. The monoisotopic (exact) mass is 570 g/mol. The number of aromatic amines is 2. The minimum atomic E-state index is -0.498. The summed E-state index contributed by atoms with van der Waals surface area (Å²) in [5.41, 5.74) is 3.24. The standard InChI is InChI=1S/C26H18N8O4S2/c35-23(31-25-27-17-5-1-2-6-18(17)28-25)15-9-11-21(33(37)13-15)39-40-22-12-10-16(14-34(22)38)24(36)32-26-29-19-7-3-4-8-20(19)30-26/h1-14H,(H2,27,28,31,35)(H2,29,30,32,36). The fourth-order valence-electron chi connectivity index (χ4n) is 3.80. The van der Waals surface area contributed by atoms with Crippen molar-refractivity contribution in [3.05, 3.63) is 107 Å². The van der Waals surface area contributed by atoms with Gasteiger partial charge in [0.1, 0.15) is 11.1 Å². The Morgan fingerprint density at radius 2 is 1.07 bits per heavy atom. The number of H-pyrrole nitrogens is 2. The van der Waals surface area contributed by atoms with E-state index in [0.717, 1.165) is 45.0 Å². The van der Waals surface area contributed by atoms with Crippen molar-refractivity contribution < 1.29 is 19.0 Å². The molecule has 2 aromatic carbocycles. The highest BCUT2D eigenvalue weighted by Crippen LogP contribution is 2.34. The number of fused-ring (bicyclic) bond motifs is 2. The van der Waals surface area contributed by atoms with Crippen LogP contribution >= 0.6 is 21.6 Å². The van der Waals surface area contributed by atoms with Crippen molar-refractivity contribution >= 4 is 67.4 Å². The fourth-order valence-corrected chi connectivity index (χ4v) is 5.76. The largest absolute Gasteiger partial charge is 0.618 e. The number of aromatic nitrogens is 6. The maximum absolute atomic E-state index is 12.6. The molecule has 0 aliphatic rings. The molecule has 4 N–H and O–H groups in total. The maximum atomic E-state index is 12.6. The van der Waals surface area contributed by atoms with Crippen LogP contribution in [-0.2, 0) is 0 Å². The third-order valence-electron chi connectivity index (χ3n) is 5.74. The van der Waals surface area contributed by atoms with Gasteiger partial charge in [0.05, 0.1) is 22.1 Å². The summed E-state index contributed by atoms with van der Waals surface area (Å²) >= 11 is 0. The molecule has 0 radical (unpaired) electrons. The normalized spacial score (nSPS) is 11.1. The van der Waals surface area contributed by atoms with Gasteiger partial charge in [0.2, 0.25) is 11.9 Å². The molecule has 4 aromatic heterocycles. The number of para-hydroxylation sites is 4. The molecule has 12 nitrogen and oxygen atoms in total. The summed E-state index contributed by atoms with van der Waals surface area (Å²) in [5, 5.41) is 30.9. The van der Waals surface area contributed by atoms with Crippen molar-refractivity contribution in [1.29, 1.82) is 0 Å². The van der Waals surface area contributed by atoms with Gasteiger partial charge in [-0.2, -0.15) is 9.46 Å². The maximum Gasteiger partial charge on any atom is 0.264 e. The number of pyridine rings is 2. The third kappa shape index (κ3) is 5.25. The molecule has 0 bridgehead atoms. The van der Waals surface area contributed by atoms with Gasteiger partial charge in [-0.25, -0.2) is 9.97 Å². The van der Waals surface area contributed by atoms with Crippen LogP contribution in [0.2, 0.25) is 0 Å². The van der Waals surface area contributed by atoms with E-state index in [4.69, 9.17) is 0 Å². The van der Waals surface area contributed by atoms with E-state index in [9.17, 15) is 20.0 Å². The van der Waals surface area contributed by atoms with Gasteiger partial charge in [-0.3, -0.25) is 20.2 Å². The predicted octanol–water partition coefficient (Wildman–Crippen LogP) is 4.01. The predicted molar refractivity (Wildman–Crippen MR) is 151 cm³/mol. The highest BCUT2D eigenvalue weighted by atomic mass is 33.1. The number of benzene rings is 2. The van der Waals surface area contributed by atoms with Gasteiger partial charge in [0.15, 0.2) is 12.4 Å². The number of hydrogen-bond donors (Lipinski definition) is 4. The molecule has 0 unspecified atom stereocenters. The minimum Gasteiger partial charge on any atom is -0.618 e. The van der Waals surface area contributed by atoms with Crippen molar-refractivity contribution in [3.8, 4) is 0 Å². The number of imidazole rings is 2. The lowest BCUT2D eigenvalue weighted by Crippen LogP contribution is -2.31. The zero-order chi connectivity index (χ0) is 27.6. The number of nitrogens with one attached hydrogen (secondary N) is 4. The molecule has 40 heavy (non-hydrogen) atoms. The van der Waals surface area contributed by atoms with Crippen LogP contribution in [0.3, 0.4) is 0 Å². The Morgan fingerprint density at radius 1 is 0.650 bits per heavy atom. The quantitative estimate of drug-likeness (QED) is 0.127. The van der Waals surface area contributed by atoms with Crippen LogP contribution in [-0.4, -0.2) is 31.8 Å². The van der Waals surface area contributed by atoms with Crippen LogP contribution < -0.4 is 20.1 Å². The van der Waals surface area contributed by atoms with Crippen molar-refractivity contribution in [2.75, 3.05) is 10.6 Å². The molecule has 0 atom stereocenters. The Morgan fingerprint density at radius 3 is 1.48 bits per heavy atom. The molecule has 2 amide bonds. The van der Waals surface area contributed by atoms with Crippen molar-refractivity contribution in [3.63, 3.8) is 0 Å². The second-order valence-corrected chi connectivity index (χ2v) is 10.6.